The van der Waals surface area contributed by atoms with Crippen LogP contribution in [0.15, 0.2) is 23.1 Å². The number of aromatic amines is 1. The average molecular weight is 247 g/mol. The zero-order chi connectivity index (χ0) is 11.9. The van der Waals surface area contributed by atoms with Crippen LogP contribution in [0.25, 0.3) is 10.9 Å². The highest BCUT2D eigenvalue weighted by Crippen LogP contribution is 2.42. The molecule has 0 amide bonds. The highest BCUT2D eigenvalue weighted by atomic mass is 32.2. The van der Waals surface area contributed by atoms with Crippen molar-refractivity contribution in [2.45, 2.75) is 11.1 Å². The largest absolute Gasteiger partial charge is 0.494 e. The number of halogens is 3. The van der Waals surface area contributed by atoms with Crippen LogP contribution in [0.5, 0.6) is 5.88 Å². The van der Waals surface area contributed by atoms with Gasteiger partial charge in [-0.15, -0.1) is 11.8 Å². The predicted molar refractivity (Wildman–Crippen MR) is 56.7 cm³/mol. The molecule has 0 unspecified atom stereocenters. The molecule has 2 N–H and O–H groups in total. The van der Waals surface area contributed by atoms with Gasteiger partial charge in [0.2, 0.25) is 5.88 Å². The summed E-state index contributed by atoms with van der Waals surface area (Å²) in [5.74, 6) is -0.223. The second kappa shape index (κ2) is 3.62. The number of hydrogen-bond donors (Lipinski definition) is 2. The van der Waals surface area contributed by atoms with Crippen LogP contribution in [0.3, 0.4) is 0 Å². The van der Waals surface area contributed by atoms with E-state index in [-0.39, 0.29) is 21.7 Å². The SMILES string of the molecule is CSc1c(O)[nH]c2cccc(C(F)(F)F)c12. The molecule has 1 aromatic heterocycles. The van der Waals surface area contributed by atoms with Gasteiger partial charge in [-0.2, -0.15) is 13.2 Å². The van der Waals surface area contributed by atoms with Crippen molar-refractivity contribution in [3.63, 3.8) is 0 Å². The molecule has 1 aromatic carbocycles. The Morgan fingerprint density at radius 3 is 2.56 bits per heavy atom. The van der Waals surface area contributed by atoms with Gasteiger partial charge in [0.1, 0.15) is 0 Å². The minimum atomic E-state index is -4.42. The van der Waals surface area contributed by atoms with E-state index in [0.717, 1.165) is 17.8 Å². The van der Waals surface area contributed by atoms with Crippen molar-refractivity contribution < 1.29 is 18.3 Å². The molecule has 1 heterocycles. The van der Waals surface area contributed by atoms with Crippen molar-refractivity contribution in [3.8, 4) is 5.88 Å². The van der Waals surface area contributed by atoms with Crippen LogP contribution < -0.4 is 0 Å². The Balaban J connectivity index is 2.85. The van der Waals surface area contributed by atoms with Gasteiger partial charge in [0, 0.05) is 5.39 Å². The van der Waals surface area contributed by atoms with Gasteiger partial charge in [0.25, 0.3) is 0 Å². The summed E-state index contributed by atoms with van der Waals surface area (Å²) in [5, 5.41) is 9.51. The van der Waals surface area contributed by atoms with Gasteiger partial charge in [-0.1, -0.05) is 6.07 Å². The monoisotopic (exact) mass is 247 g/mol. The Labute approximate surface area is 93.5 Å². The van der Waals surface area contributed by atoms with Crippen LogP contribution >= 0.6 is 11.8 Å². The molecule has 2 nitrogen and oxygen atoms in total. The molecule has 0 aliphatic carbocycles. The summed E-state index contributed by atoms with van der Waals surface area (Å²) in [4.78, 5) is 2.75. The maximum atomic E-state index is 12.7. The molecule has 0 spiro atoms. The summed E-state index contributed by atoms with van der Waals surface area (Å²) >= 11 is 1.08. The molecule has 0 saturated heterocycles. The van der Waals surface area contributed by atoms with Crippen LogP contribution in [0.2, 0.25) is 0 Å². The fraction of sp³-hybridized carbons (Fsp3) is 0.200. The third-order valence-corrected chi connectivity index (χ3v) is 3.07. The van der Waals surface area contributed by atoms with E-state index >= 15 is 0 Å². The molecule has 2 rings (SSSR count). The lowest BCUT2D eigenvalue weighted by Gasteiger charge is -2.08. The maximum absolute atomic E-state index is 12.7. The third kappa shape index (κ3) is 1.63. The van der Waals surface area contributed by atoms with Gasteiger partial charge in [-0.05, 0) is 18.4 Å². The highest BCUT2D eigenvalue weighted by Gasteiger charge is 2.34. The van der Waals surface area contributed by atoms with E-state index in [1.807, 2.05) is 0 Å². The number of hydrogen-bond acceptors (Lipinski definition) is 2. The molecule has 0 saturated carbocycles. The topological polar surface area (TPSA) is 36.0 Å². The van der Waals surface area contributed by atoms with E-state index in [9.17, 15) is 18.3 Å². The van der Waals surface area contributed by atoms with E-state index < -0.39 is 11.7 Å². The molecule has 16 heavy (non-hydrogen) atoms. The van der Waals surface area contributed by atoms with Gasteiger partial charge in [0.05, 0.1) is 16.0 Å². The molecule has 0 atom stereocenters. The van der Waals surface area contributed by atoms with Crippen molar-refractivity contribution in [2.24, 2.45) is 0 Å². The number of alkyl halides is 3. The van der Waals surface area contributed by atoms with E-state index in [0.29, 0.717) is 0 Å². The van der Waals surface area contributed by atoms with E-state index in [4.69, 9.17) is 0 Å². The Hall–Kier alpha value is -1.30. The zero-order valence-electron chi connectivity index (χ0n) is 8.22. The molecular formula is C10H8F3NOS. The normalized spacial score (nSPS) is 12.2. The second-order valence-electron chi connectivity index (χ2n) is 3.23. The quantitative estimate of drug-likeness (QED) is 0.755. The lowest BCUT2D eigenvalue weighted by molar-refractivity contribution is -0.136. The number of fused-ring (bicyclic) bond motifs is 1. The molecule has 2 aromatic rings. The number of aromatic nitrogens is 1. The van der Waals surface area contributed by atoms with Crippen LogP contribution in [0.4, 0.5) is 13.2 Å². The van der Waals surface area contributed by atoms with E-state index in [1.54, 1.807) is 6.26 Å². The minimum Gasteiger partial charge on any atom is -0.494 e. The predicted octanol–water partition coefficient (Wildman–Crippen LogP) is 3.61. The average Bonchev–Trinajstić information content (AvgIpc) is 2.51. The lowest BCUT2D eigenvalue weighted by atomic mass is 10.1. The molecule has 86 valence electrons. The van der Waals surface area contributed by atoms with E-state index in [2.05, 4.69) is 4.98 Å². The molecule has 0 radical (unpaired) electrons. The van der Waals surface area contributed by atoms with Crippen molar-refractivity contribution in [1.82, 2.24) is 4.98 Å². The summed E-state index contributed by atoms with van der Waals surface area (Å²) < 4.78 is 38.2. The molecule has 6 heteroatoms. The summed E-state index contributed by atoms with van der Waals surface area (Å²) in [6.07, 6.45) is -2.80. The van der Waals surface area contributed by atoms with Gasteiger partial charge in [-0.3, -0.25) is 0 Å². The number of rotatable bonds is 1. The summed E-state index contributed by atoms with van der Waals surface area (Å²) in [6.45, 7) is 0. The first-order chi connectivity index (χ1) is 7.45. The fourth-order valence-electron chi connectivity index (χ4n) is 1.64. The standard InChI is InChI=1S/C10H8F3NOS/c1-16-8-7-5(10(11,12)13)3-2-4-6(7)14-9(8)15/h2-4,14-15H,1H3. The number of H-pyrrole nitrogens is 1. The first kappa shape index (κ1) is 11.2. The molecular weight excluding hydrogens is 239 g/mol. The van der Waals surface area contributed by atoms with Gasteiger partial charge >= 0.3 is 6.18 Å². The Morgan fingerprint density at radius 1 is 1.31 bits per heavy atom. The van der Waals surface area contributed by atoms with Crippen LogP contribution in [0, 0.1) is 0 Å². The zero-order valence-corrected chi connectivity index (χ0v) is 9.04. The minimum absolute atomic E-state index is 0.0278. The first-order valence-corrected chi connectivity index (χ1v) is 5.62. The van der Waals surface area contributed by atoms with Gasteiger partial charge < -0.3 is 10.1 Å². The summed E-state index contributed by atoms with van der Waals surface area (Å²) in [7, 11) is 0. The summed E-state index contributed by atoms with van der Waals surface area (Å²) in [5.41, 5.74) is -0.442. The molecule has 0 fully saturated rings. The number of thioether (sulfide) groups is 1. The number of aromatic hydroxyl groups is 1. The van der Waals surface area contributed by atoms with Crippen LogP contribution in [-0.2, 0) is 6.18 Å². The second-order valence-corrected chi connectivity index (χ2v) is 4.05. The van der Waals surface area contributed by atoms with Crippen LogP contribution in [-0.4, -0.2) is 16.3 Å². The van der Waals surface area contributed by atoms with Crippen molar-refractivity contribution in [2.75, 3.05) is 6.26 Å². The third-order valence-electron chi connectivity index (χ3n) is 2.27. The van der Waals surface area contributed by atoms with Crippen molar-refractivity contribution >= 4 is 22.7 Å². The molecule has 0 aliphatic rings. The first-order valence-electron chi connectivity index (χ1n) is 4.40. The number of nitrogens with one attached hydrogen (secondary N) is 1. The van der Waals surface area contributed by atoms with Crippen molar-refractivity contribution in [3.05, 3.63) is 23.8 Å². The number of benzene rings is 1. The highest BCUT2D eigenvalue weighted by molar-refractivity contribution is 7.99. The van der Waals surface area contributed by atoms with E-state index in [1.165, 1.54) is 12.1 Å². The summed E-state index contributed by atoms with van der Waals surface area (Å²) in [6, 6.07) is 3.82. The Kier molecular flexibility index (Phi) is 2.53. The fourth-order valence-corrected chi connectivity index (χ4v) is 2.31. The Bertz CT molecular complexity index is 533. The van der Waals surface area contributed by atoms with Crippen molar-refractivity contribution in [1.29, 1.82) is 0 Å². The van der Waals surface area contributed by atoms with Gasteiger partial charge in [0.15, 0.2) is 0 Å². The molecule has 0 bridgehead atoms. The molecule has 0 aliphatic heterocycles. The maximum Gasteiger partial charge on any atom is 0.417 e. The Morgan fingerprint density at radius 2 is 2.00 bits per heavy atom. The van der Waals surface area contributed by atoms with Gasteiger partial charge in [-0.25, -0.2) is 0 Å². The van der Waals surface area contributed by atoms with Crippen LogP contribution in [0.1, 0.15) is 5.56 Å². The lowest BCUT2D eigenvalue weighted by Crippen LogP contribution is -2.05. The smallest absolute Gasteiger partial charge is 0.417 e.